The molecule has 2 aromatic carbocycles. The highest BCUT2D eigenvalue weighted by atomic mass is 32.2. The highest BCUT2D eigenvalue weighted by molar-refractivity contribution is 7.99. The Kier molecular flexibility index (Phi) is 4.63. The molecule has 1 saturated heterocycles. The first-order valence-electron chi connectivity index (χ1n) is 8.25. The average Bonchev–Trinajstić information content (AvgIpc) is 2.46. The van der Waals surface area contributed by atoms with Gasteiger partial charge in [-0.15, -0.1) is 11.8 Å². The van der Waals surface area contributed by atoms with Gasteiger partial charge in [-0.1, -0.05) is 47.5 Å². The summed E-state index contributed by atoms with van der Waals surface area (Å²) in [5, 5.41) is 0.560. The van der Waals surface area contributed by atoms with Crippen molar-refractivity contribution in [2.24, 2.45) is 0 Å². The van der Waals surface area contributed by atoms with E-state index < -0.39 is 0 Å². The number of rotatable bonds is 2. The van der Waals surface area contributed by atoms with Crippen molar-refractivity contribution in [3.63, 3.8) is 0 Å². The Labute approximate surface area is 143 Å². The predicted octanol–water partition coefficient (Wildman–Crippen LogP) is 5.80. The van der Waals surface area contributed by atoms with Crippen molar-refractivity contribution in [2.75, 3.05) is 0 Å². The maximum Gasteiger partial charge on any atom is 0.135 e. The van der Waals surface area contributed by atoms with Gasteiger partial charge in [0.25, 0.3) is 0 Å². The van der Waals surface area contributed by atoms with E-state index in [4.69, 9.17) is 0 Å². The minimum Gasteiger partial charge on any atom is -0.300 e. The SMILES string of the molecule is Cc1ccc([C@H]2CC(=O)C[C@H](c3ccc(C)cc3C)S2)c(C)c1. The van der Waals surface area contributed by atoms with Gasteiger partial charge in [-0.05, 0) is 49.9 Å². The van der Waals surface area contributed by atoms with Gasteiger partial charge in [0.1, 0.15) is 5.78 Å². The minimum absolute atomic E-state index is 0.280. The fraction of sp³-hybridized carbons (Fsp3) is 0.381. The first-order chi connectivity index (χ1) is 10.9. The molecule has 1 fully saturated rings. The molecule has 2 aromatic rings. The fourth-order valence-corrected chi connectivity index (χ4v) is 5.31. The summed E-state index contributed by atoms with van der Waals surface area (Å²) in [5.41, 5.74) is 7.81. The van der Waals surface area contributed by atoms with Crippen LogP contribution >= 0.6 is 11.8 Å². The molecule has 120 valence electrons. The van der Waals surface area contributed by atoms with Crippen molar-refractivity contribution in [1.29, 1.82) is 0 Å². The number of carbonyl (C=O) groups excluding carboxylic acids is 1. The molecule has 0 aliphatic carbocycles. The molecule has 0 radical (unpaired) electrons. The van der Waals surface area contributed by atoms with Crippen LogP contribution in [0.15, 0.2) is 36.4 Å². The molecule has 2 atom stereocenters. The number of hydrogen-bond acceptors (Lipinski definition) is 2. The Balaban J connectivity index is 1.91. The molecule has 23 heavy (non-hydrogen) atoms. The Morgan fingerprint density at radius 1 is 0.783 bits per heavy atom. The second-order valence-electron chi connectivity index (χ2n) is 6.78. The summed E-state index contributed by atoms with van der Waals surface area (Å²) in [4.78, 5) is 12.4. The molecule has 1 aliphatic rings. The van der Waals surface area contributed by atoms with Crippen LogP contribution in [0.5, 0.6) is 0 Å². The smallest absolute Gasteiger partial charge is 0.135 e. The molecule has 0 N–H and O–H groups in total. The highest BCUT2D eigenvalue weighted by Gasteiger charge is 2.31. The van der Waals surface area contributed by atoms with E-state index in [1.54, 1.807) is 0 Å². The first kappa shape index (κ1) is 16.3. The van der Waals surface area contributed by atoms with Crippen molar-refractivity contribution in [3.8, 4) is 0 Å². The zero-order valence-electron chi connectivity index (χ0n) is 14.3. The third kappa shape index (κ3) is 3.53. The number of aryl methyl sites for hydroxylation is 4. The normalized spacial score (nSPS) is 21.5. The van der Waals surface area contributed by atoms with Crippen LogP contribution in [0, 0.1) is 27.7 Å². The molecule has 0 bridgehead atoms. The summed E-state index contributed by atoms with van der Waals surface area (Å²) in [6.45, 7) is 8.56. The molecule has 2 heteroatoms. The Bertz CT molecular complexity index is 686. The second-order valence-corrected chi connectivity index (χ2v) is 8.19. The second kappa shape index (κ2) is 6.52. The van der Waals surface area contributed by atoms with Gasteiger partial charge in [0.15, 0.2) is 0 Å². The van der Waals surface area contributed by atoms with Crippen LogP contribution in [0.3, 0.4) is 0 Å². The number of thioether (sulfide) groups is 1. The Morgan fingerprint density at radius 2 is 1.22 bits per heavy atom. The van der Waals surface area contributed by atoms with Crippen LogP contribution in [0.4, 0.5) is 0 Å². The van der Waals surface area contributed by atoms with Gasteiger partial charge in [-0.25, -0.2) is 0 Å². The lowest BCUT2D eigenvalue weighted by Gasteiger charge is -2.30. The van der Waals surface area contributed by atoms with Crippen LogP contribution in [0.25, 0.3) is 0 Å². The van der Waals surface area contributed by atoms with E-state index >= 15 is 0 Å². The number of carbonyl (C=O) groups is 1. The van der Waals surface area contributed by atoms with Crippen molar-refractivity contribution in [3.05, 3.63) is 69.8 Å². The Morgan fingerprint density at radius 3 is 1.61 bits per heavy atom. The summed E-state index contributed by atoms with van der Waals surface area (Å²) in [6, 6.07) is 13.2. The molecule has 0 unspecified atom stereocenters. The van der Waals surface area contributed by atoms with E-state index in [1.165, 1.54) is 33.4 Å². The summed E-state index contributed by atoms with van der Waals surface area (Å²) < 4.78 is 0. The predicted molar refractivity (Wildman–Crippen MR) is 99.1 cm³/mol. The lowest BCUT2D eigenvalue weighted by Crippen LogP contribution is -2.17. The lowest BCUT2D eigenvalue weighted by molar-refractivity contribution is -0.119. The largest absolute Gasteiger partial charge is 0.300 e. The summed E-state index contributed by atoms with van der Waals surface area (Å²) in [7, 11) is 0. The van der Waals surface area contributed by atoms with Crippen molar-refractivity contribution < 1.29 is 4.79 Å². The molecule has 1 nitrogen and oxygen atoms in total. The van der Waals surface area contributed by atoms with Crippen LogP contribution in [0.2, 0.25) is 0 Å². The maximum absolute atomic E-state index is 12.4. The number of hydrogen-bond donors (Lipinski definition) is 0. The quantitative estimate of drug-likeness (QED) is 0.694. The lowest BCUT2D eigenvalue weighted by atomic mass is 9.95. The highest BCUT2D eigenvalue weighted by Crippen LogP contribution is 2.50. The third-order valence-corrected chi connectivity index (χ3v) is 6.20. The summed E-state index contributed by atoms with van der Waals surface area (Å²) in [6.07, 6.45) is 1.33. The van der Waals surface area contributed by atoms with Gasteiger partial charge >= 0.3 is 0 Å². The zero-order valence-corrected chi connectivity index (χ0v) is 15.2. The van der Waals surface area contributed by atoms with Gasteiger partial charge in [-0.3, -0.25) is 4.79 Å². The molecular formula is C21H24OS. The Hall–Kier alpha value is -1.54. The van der Waals surface area contributed by atoms with Crippen molar-refractivity contribution in [2.45, 2.75) is 51.0 Å². The number of Topliss-reactive ketones (excluding diaryl/α,β-unsaturated/α-hetero) is 1. The summed E-state index contributed by atoms with van der Waals surface area (Å²) >= 11 is 1.96. The van der Waals surface area contributed by atoms with Gasteiger partial charge in [0.05, 0.1) is 0 Å². The molecule has 0 amide bonds. The first-order valence-corrected chi connectivity index (χ1v) is 9.20. The van der Waals surface area contributed by atoms with E-state index in [0.29, 0.717) is 18.6 Å². The molecule has 3 rings (SSSR count). The molecule has 0 aromatic heterocycles. The number of benzene rings is 2. The van der Waals surface area contributed by atoms with Crippen molar-refractivity contribution in [1.82, 2.24) is 0 Å². The molecule has 1 aliphatic heterocycles. The van der Waals surface area contributed by atoms with Gasteiger partial charge in [0, 0.05) is 23.3 Å². The van der Waals surface area contributed by atoms with Crippen LogP contribution in [0.1, 0.15) is 56.7 Å². The van der Waals surface area contributed by atoms with Gasteiger partial charge in [-0.2, -0.15) is 0 Å². The van der Waals surface area contributed by atoms with Gasteiger partial charge < -0.3 is 0 Å². The van der Waals surface area contributed by atoms with E-state index in [-0.39, 0.29) is 10.5 Å². The third-order valence-electron chi connectivity index (χ3n) is 4.70. The minimum atomic E-state index is 0.280. The van der Waals surface area contributed by atoms with Gasteiger partial charge in [0.2, 0.25) is 0 Å². The average molecular weight is 324 g/mol. The summed E-state index contributed by atoms with van der Waals surface area (Å²) in [5.74, 6) is 0.388. The topological polar surface area (TPSA) is 17.1 Å². The van der Waals surface area contributed by atoms with Crippen molar-refractivity contribution >= 4 is 17.5 Å². The maximum atomic E-state index is 12.4. The van der Waals surface area contributed by atoms with Crippen LogP contribution < -0.4 is 0 Å². The van der Waals surface area contributed by atoms with E-state index in [2.05, 4.69) is 64.1 Å². The molecule has 0 spiro atoms. The van der Waals surface area contributed by atoms with Crippen LogP contribution in [-0.4, -0.2) is 5.78 Å². The number of ketones is 1. The standard InChI is InChI=1S/C21H24OS/c1-13-5-7-18(15(3)9-13)20-11-17(22)12-21(23-20)19-8-6-14(2)10-16(19)4/h5-10,20-21H,11-12H2,1-4H3/t20-,21-/m1/s1. The van der Waals surface area contributed by atoms with E-state index in [0.717, 1.165) is 0 Å². The van der Waals surface area contributed by atoms with Crippen LogP contribution in [-0.2, 0) is 4.79 Å². The molecular weight excluding hydrogens is 300 g/mol. The van der Waals surface area contributed by atoms with E-state index in [9.17, 15) is 4.79 Å². The fourth-order valence-electron chi connectivity index (χ4n) is 3.53. The molecule has 1 heterocycles. The molecule has 0 saturated carbocycles. The van der Waals surface area contributed by atoms with E-state index in [1.807, 2.05) is 11.8 Å². The zero-order chi connectivity index (χ0) is 16.6. The monoisotopic (exact) mass is 324 g/mol.